The summed E-state index contributed by atoms with van der Waals surface area (Å²) in [5, 5.41) is 3.27. The molecule has 0 fully saturated rings. The largest absolute Gasteiger partial charge is 0.355 e. The van der Waals surface area contributed by atoms with E-state index in [1.165, 1.54) is 9.21 Å². The van der Waals surface area contributed by atoms with Crippen molar-refractivity contribution in [1.82, 2.24) is 10.2 Å². The number of benzene rings is 2. The molecule has 0 radical (unpaired) electrons. The average Bonchev–Trinajstić information content (AvgIpc) is 2.80. The highest BCUT2D eigenvalue weighted by Gasteiger charge is 2.26. The summed E-state index contributed by atoms with van der Waals surface area (Å²) in [6.07, 6.45) is 2.41. The van der Waals surface area contributed by atoms with Crippen molar-refractivity contribution in [2.45, 2.75) is 52.6 Å². The molecule has 1 unspecified atom stereocenters. The Balaban J connectivity index is 2.15. The molecule has 2 aromatic rings. The number of sulfonamides is 1. The zero-order valence-electron chi connectivity index (χ0n) is 20.3. The second kappa shape index (κ2) is 12.8. The Morgan fingerprint density at radius 2 is 1.71 bits per heavy atom. The Bertz CT molecular complexity index is 1070. The first kappa shape index (κ1) is 27.7. The minimum absolute atomic E-state index is 0.0905. The summed E-state index contributed by atoms with van der Waals surface area (Å²) >= 11 is 6.29. The van der Waals surface area contributed by atoms with Crippen molar-refractivity contribution in [2.75, 3.05) is 23.7 Å². The number of likely N-dealkylation sites (N-methyl/N-ethyl adjacent to an activating group) is 1. The number of hydrogen-bond donors (Lipinski definition) is 1. The van der Waals surface area contributed by atoms with Crippen LogP contribution in [0.4, 0.5) is 5.69 Å². The minimum Gasteiger partial charge on any atom is -0.355 e. The van der Waals surface area contributed by atoms with E-state index in [1.54, 1.807) is 31.2 Å². The van der Waals surface area contributed by atoms with E-state index in [2.05, 4.69) is 5.32 Å². The normalized spacial score (nSPS) is 12.1. The zero-order chi connectivity index (χ0) is 25.3. The lowest BCUT2D eigenvalue weighted by Gasteiger charge is -2.29. The molecule has 34 heavy (non-hydrogen) atoms. The number of hydrogen-bond acceptors (Lipinski definition) is 4. The van der Waals surface area contributed by atoms with E-state index in [0.29, 0.717) is 23.7 Å². The van der Waals surface area contributed by atoms with E-state index < -0.39 is 16.1 Å². The van der Waals surface area contributed by atoms with Gasteiger partial charge in [0.15, 0.2) is 0 Å². The van der Waals surface area contributed by atoms with Gasteiger partial charge in [0, 0.05) is 31.1 Å². The lowest BCUT2D eigenvalue weighted by atomic mass is 10.1. The number of nitrogens with one attached hydrogen (secondary N) is 1. The van der Waals surface area contributed by atoms with Crippen LogP contribution >= 0.6 is 11.6 Å². The summed E-state index contributed by atoms with van der Waals surface area (Å²) in [5.74, 6) is -0.495. The molecule has 2 aromatic carbocycles. The standard InChI is InChI=1S/C25H34ClN3O4S/c1-5-20-13-15-22(16-14-20)29(34(4,32)33)17-9-12-24(30)28(19(3)25(31)27-6-2)18-21-10-7-8-11-23(21)26/h7-8,10-11,13-16,19H,5-6,9,12,17-18H2,1-4H3,(H,27,31). The third-order valence-electron chi connectivity index (χ3n) is 5.60. The molecule has 0 aliphatic heterocycles. The molecule has 0 aromatic heterocycles. The van der Waals surface area contributed by atoms with Crippen LogP contribution < -0.4 is 9.62 Å². The first-order valence-electron chi connectivity index (χ1n) is 11.5. The molecule has 1 atom stereocenters. The van der Waals surface area contributed by atoms with Gasteiger partial charge in [0.25, 0.3) is 0 Å². The quantitative estimate of drug-likeness (QED) is 0.470. The molecule has 7 nitrogen and oxygen atoms in total. The Kier molecular flexibility index (Phi) is 10.4. The van der Waals surface area contributed by atoms with Gasteiger partial charge in [-0.25, -0.2) is 8.42 Å². The number of aryl methyl sites for hydroxylation is 1. The Hall–Kier alpha value is -2.58. The molecule has 0 spiro atoms. The molecule has 0 aliphatic carbocycles. The smallest absolute Gasteiger partial charge is 0.242 e. The van der Waals surface area contributed by atoms with Crippen molar-refractivity contribution in [2.24, 2.45) is 0 Å². The fraction of sp³-hybridized carbons (Fsp3) is 0.440. The van der Waals surface area contributed by atoms with Crippen LogP contribution in [0.25, 0.3) is 0 Å². The van der Waals surface area contributed by atoms with Crippen LogP contribution in [-0.2, 0) is 32.6 Å². The Morgan fingerprint density at radius 3 is 2.26 bits per heavy atom. The van der Waals surface area contributed by atoms with Gasteiger partial charge in [0.1, 0.15) is 6.04 Å². The zero-order valence-corrected chi connectivity index (χ0v) is 21.8. The van der Waals surface area contributed by atoms with Gasteiger partial charge < -0.3 is 10.2 Å². The van der Waals surface area contributed by atoms with Gasteiger partial charge in [-0.1, -0.05) is 48.9 Å². The van der Waals surface area contributed by atoms with Gasteiger partial charge in [0.2, 0.25) is 21.8 Å². The summed E-state index contributed by atoms with van der Waals surface area (Å²) in [6, 6.07) is 13.9. The van der Waals surface area contributed by atoms with Gasteiger partial charge >= 0.3 is 0 Å². The fourth-order valence-electron chi connectivity index (χ4n) is 3.62. The number of halogens is 1. The number of nitrogens with zero attached hydrogens (tertiary/aromatic N) is 2. The topological polar surface area (TPSA) is 86.8 Å². The van der Waals surface area contributed by atoms with Gasteiger partial charge in [-0.15, -0.1) is 0 Å². The maximum atomic E-state index is 13.2. The van der Waals surface area contributed by atoms with E-state index in [1.807, 2.05) is 38.1 Å². The highest BCUT2D eigenvalue weighted by molar-refractivity contribution is 7.92. The summed E-state index contributed by atoms with van der Waals surface area (Å²) < 4.78 is 26.1. The first-order chi connectivity index (χ1) is 16.1. The molecule has 0 bridgehead atoms. The van der Waals surface area contributed by atoms with Crippen LogP contribution in [0.15, 0.2) is 48.5 Å². The molecule has 2 rings (SSSR count). The molecule has 0 saturated carbocycles. The minimum atomic E-state index is -3.52. The number of anilines is 1. The molecule has 186 valence electrons. The van der Waals surface area contributed by atoms with E-state index in [0.717, 1.165) is 23.8 Å². The third kappa shape index (κ3) is 7.74. The second-order valence-electron chi connectivity index (χ2n) is 8.14. The van der Waals surface area contributed by atoms with E-state index in [-0.39, 0.29) is 31.3 Å². The van der Waals surface area contributed by atoms with Gasteiger partial charge in [0.05, 0.1) is 11.9 Å². The Labute approximate surface area is 208 Å². The van der Waals surface area contributed by atoms with Crippen molar-refractivity contribution < 1.29 is 18.0 Å². The van der Waals surface area contributed by atoms with Gasteiger partial charge in [-0.05, 0) is 56.0 Å². The van der Waals surface area contributed by atoms with Crippen LogP contribution in [0.2, 0.25) is 5.02 Å². The molecule has 0 heterocycles. The highest BCUT2D eigenvalue weighted by atomic mass is 35.5. The highest BCUT2D eigenvalue weighted by Crippen LogP contribution is 2.21. The summed E-state index contributed by atoms with van der Waals surface area (Å²) in [5.41, 5.74) is 2.42. The van der Waals surface area contributed by atoms with Crippen LogP contribution in [-0.4, -0.2) is 50.5 Å². The summed E-state index contributed by atoms with van der Waals surface area (Å²) in [6.45, 7) is 6.33. The Morgan fingerprint density at radius 1 is 1.06 bits per heavy atom. The number of amides is 2. The molecule has 2 amide bonds. The predicted molar refractivity (Wildman–Crippen MR) is 137 cm³/mol. The van der Waals surface area contributed by atoms with E-state index in [9.17, 15) is 18.0 Å². The van der Waals surface area contributed by atoms with Crippen LogP contribution in [0.5, 0.6) is 0 Å². The fourth-order valence-corrected chi connectivity index (χ4v) is 4.78. The SMILES string of the molecule is CCNC(=O)C(C)N(Cc1ccccc1Cl)C(=O)CCCN(c1ccc(CC)cc1)S(C)(=O)=O. The van der Waals surface area contributed by atoms with E-state index >= 15 is 0 Å². The predicted octanol–water partition coefficient (Wildman–Crippen LogP) is 4.00. The maximum absolute atomic E-state index is 13.2. The second-order valence-corrected chi connectivity index (χ2v) is 10.5. The summed E-state index contributed by atoms with van der Waals surface area (Å²) in [4.78, 5) is 27.2. The molecular formula is C25H34ClN3O4S. The lowest BCUT2D eigenvalue weighted by Crippen LogP contribution is -2.47. The number of carbonyl (C=O) groups is 2. The number of carbonyl (C=O) groups excluding carboxylic acids is 2. The molecule has 1 N–H and O–H groups in total. The molecule has 0 aliphatic rings. The van der Waals surface area contributed by atoms with Crippen LogP contribution in [0.1, 0.15) is 44.7 Å². The van der Waals surface area contributed by atoms with Crippen LogP contribution in [0.3, 0.4) is 0 Å². The monoisotopic (exact) mass is 507 g/mol. The molecule has 0 saturated heterocycles. The van der Waals surface area contributed by atoms with Gasteiger partial charge in [-0.2, -0.15) is 0 Å². The van der Waals surface area contributed by atoms with Crippen molar-refractivity contribution in [3.8, 4) is 0 Å². The first-order valence-corrected chi connectivity index (χ1v) is 13.7. The van der Waals surface area contributed by atoms with E-state index in [4.69, 9.17) is 11.6 Å². The number of rotatable bonds is 12. The summed E-state index contributed by atoms with van der Waals surface area (Å²) in [7, 11) is -3.52. The van der Waals surface area contributed by atoms with Crippen molar-refractivity contribution in [1.29, 1.82) is 0 Å². The van der Waals surface area contributed by atoms with Crippen molar-refractivity contribution in [3.63, 3.8) is 0 Å². The van der Waals surface area contributed by atoms with Crippen molar-refractivity contribution in [3.05, 3.63) is 64.7 Å². The van der Waals surface area contributed by atoms with Crippen molar-refractivity contribution >= 4 is 39.1 Å². The van der Waals surface area contributed by atoms with Crippen LogP contribution in [0, 0.1) is 0 Å². The molecule has 9 heteroatoms. The maximum Gasteiger partial charge on any atom is 0.242 e. The van der Waals surface area contributed by atoms with Gasteiger partial charge in [-0.3, -0.25) is 13.9 Å². The average molecular weight is 508 g/mol. The lowest BCUT2D eigenvalue weighted by molar-refractivity contribution is -0.140. The third-order valence-corrected chi connectivity index (χ3v) is 7.16. The molecular weight excluding hydrogens is 474 g/mol.